The molecule has 1 amide bonds. The molecule has 0 saturated carbocycles. The summed E-state index contributed by atoms with van der Waals surface area (Å²) < 4.78 is 26.1. The van der Waals surface area contributed by atoms with E-state index in [2.05, 4.69) is 12.1 Å². The summed E-state index contributed by atoms with van der Waals surface area (Å²) >= 11 is 0. The second-order valence-electron chi connectivity index (χ2n) is 7.56. The molecule has 6 heteroatoms. The third-order valence-corrected chi connectivity index (χ3v) is 6.45. The third kappa shape index (κ3) is 4.73. The van der Waals surface area contributed by atoms with E-state index < -0.39 is 10.0 Å². The van der Waals surface area contributed by atoms with Crippen LogP contribution >= 0.6 is 0 Å². The standard InChI is InChI=1S/C22H28N2O3S/c1-17-10-11-18(2)21(15-17)24(28(3,26)27)13-6-9-22(25)23-14-12-19-7-4-5-8-20(19)16-23/h4-5,7-8,10-11,15H,6,9,12-14,16H2,1-3H3. The van der Waals surface area contributed by atoms with Gasteiger partial charge in [-0.3, -0.25) is 9.10 Å². The van der Waals surface area contributed by atoms with Gasteiger partial charge in [0.25, 0.3) is 0 Å². The van der Waals surface area contributed by atoms with Crippen molar-refractivity contribution in [1.29, 1.82) is 0 Å². The first kappa shape index (κ1) is 20.4. The van der Waals surface area contributed by atoms with Gasteiger partial charge in [-0.1, -0.05) is 36.4 Å². The lowest BCUT2D eigenvalue weighted by atomic mass is 9.99. The summed E-state index contributed by atoms with van der Waals surface area (Å²) in [5, 5.41) is 0. The van der Waals surface area contributed by atoms with Gasteiger partial charge in [-0.05, 0) is 55.0 Å². The molecule has 2 aromatic rings. The molecule has 0 spiro atoms. The molecule has 1 aliphatic rings. The largest absolute Gasteiger partial charge is 0.338 e. The Bertz CT molecular complexity index is 969. The van der Waals surface area contributed by atoms with Gasteiger partial charge in [0.1, 0.15) is 0 Å². The zero-order chi connectivity index (χ0) is 20.3. The molecule has 0 N–H and O–H groups in total. The summed E-state index contributed by atoms with van der Waals surface area (Å²) in [6, 6.07) is 14.0. The highest BCUT2D eigenvalue weighted by molar-refractivity contribution is 7.92. The number of carbonyl (C=O) groups excluding carboxylic acids is 1. The van der Waals surface area contributed by atoms with Gasteiger partial charge in [0.15, 0.2) is 0 Å². The van der Waals surface area contributed by atoms with Gasteiger partial charge in [0.2, 0.25) is 15.9 Å². The predicted octanol–water partition coefficient (Wildman–Crippen LogP) is 3.43. The van der Waals surface area contributed by atoms with Crippen molar-refractivity contribution < 1.29 is 13.2 Å². The molecular formula is C22H28N2O3S. The van der Waals surface area contributed by atoms with E-state index in [1.54, 1.807) is 0 Å². The minimum Gasteiger partial charge on any atom is -0.338 e. The van der Waals surface area contributed by atoms with Crippen LogP contribution in [-0.4, -0.2) is 38.6 Å². The van der Waals surface area contributed by atoms with Crippen LogP contribution in [0.3, 0.4) is 0 Å². The smallest absolute Gasteiger partial charge is 0.232 e. The molecule has 0 aliphatic carbocycles. The van der Waals surface area contributed by atoms with Gasteiger partial charge < -0.3 is 4.90 Å². The number of anilines is 1. The zero-order valence-electron chi connectivity index (χ0n) is 16.8. The Balaban J connectivity index is 1.63. The molecule has 0 atom stereocenters. The van der Waals surface area contributed by atoms with E-state index in [4.69, 9.17) is 0 Å². The Morgan fingerprint density at radius 2 is 1.82 bits per heavy atom. The van der Waals surface area contributed by atoms with E-state index in [1.165, 1.54) is 21.7 Å². The summed E-state index contributed by atoms with van der Waals surface area (Å²) in [5.74, 6) is 0.0870. The van der Waals surface area contributed by atoms with Crippen LogP contribution in [0.25, 0.3) is 0 Å². The molecule has 0 bridgehead atoms. The van der Waals surface area contributed by atoms with Crippen molar-refractivity contribution in [3.05, 3.63) is 64.7 Å². The number of rotatable bonds is 6. The van der Waals surface area contributed by atoms with Crippen LogP contribution in [0.2, 0.25) is 0 Å². The van der Waals surface area contributed by atoms with Crippen molar-refractivity contribution in [1.82, 2.24) is 4.90 Å². The van der Waals surface area contributed by atoms with Crippen LogP contribution in [0.4, 0.5) is 5.69 Å². The third-order valence-electron chi connectivity index (χ3n) is 5.27. The molecule has 28 heavy (non-hydrogen) atoms. The van der Waals surface area contributed by atoms with Crippen molar-refractivity contribution in [2.24, 2.45) is 0 Å². The maximum Gasteiger partial charge on any atom is 0.232 e. The highest BCUT2D eigenvalue weighted by atomic mass is 32.2. The van der Waals surface area contributed by atoms with E-state index >= 15 is 0 Å². The van der Waals surface area contributed by atoms with Crippen LogP contribution in [0.15, 0.2) is 42.5 Å². The molecule has 0 radical (unpaired) electrons. The number of nitrogens with zero attached hydrogens (tertiary/aromatic N) is 2. The predicted molar refractivity (Wildman–Crippen MR) is 113 cm³/mol. The minimum atomic E-state index is -3.41. The molecule has 0 fully saturated rings. The van der Waals surface area contributed by atoms with Gasteiger partial charge in [-0.2, -0.15) is 0 Å². The Kier molecular flexibility index (Phi) is 6.08. The Hall–Kier alpha value is -2.34. The lowest BCUT2D eigenvalue weighted by molar-refractivity contribution is -0.132. The van der Waals surface area contributed by atoms with Gasteiger partial charge in [-0.15, -0.1) is 0 Å². The molecule has 150 valence electrons. The van der Waals surface area contributed by atoms with E-state index in [-0.39, 0.29) is 5.91 Å². The van der Waals surface area contributed by atoms with Crippen molar-refractivity contribution in [3.8, 4) is 0 Å². The second-order valence-corrected chi connectivity index (χ2v) is 9.47. The average Bonchev–Trinajstić information content (AvgIpc) is 2.66. The molecular weight excluding hydrogens is 372 g/mol. The van der Waals surface area contributed by atoms with Crippen LogP contribution in [0.5, 0.6) is 0 Å². The topological polar surface area (TPSA) is 57.7 Å². The highest BCUT2D eigenvalue weighted by Crippen LogP contribution is 2.25. The quantitative estimate of drug-likeness (QED) is 0.746. The van der Waals surface area contributed by atoms with Crippen molar-refractivity contribution in [3.63, 3.8) is 0 Å². The minimum absolute atomic E-state index is 0.0870. The molecule has 0 unspecified atom stereocenters. The lowest BCUT2D eigenvalue weighted by Gasteiger charge is -2.29. The summed E-state index contributed by atoms with van der Waals surface area (Å²) in [5.41, 5.74) is 5.13. The van der Waals surface area contributed by atoms with Crippen LogP contribution in [-0.2, 0) is 27.8 Å². The fraction of sp³-hybridized carbons (Fsp3) is 0.409. The highest BCUT2D eigenvalue weighted by Gasteiger charge is 2.22. The van der Waals surface area contributed by atoms with Gasteiger partial charge in [-0.25, -0.2) is 8.42 Å². The van der Waals surface area contributed by atoms with Crippen LogP contribution < -0.4 is 4.31 Å². The first-order chi connectivity index (χ1) is 13.3. The number of aryl methyl sites for hydroxylation is 2. The second kappa shape index (κ2) is 8.35. The number of benzene rings is 2. The normalized spacial score (nSPS) is 13.9. The maximum atomic E-state index is 12.7. The molecule has 0 aromatic heterocycles. The maximum absolute atomic E-state index is 12.7. The molecule has 0 saturated heterocycles. The Morgan fingerprint density at radius 1 is 1.11 bits per heavy atom. The number of hydrogen-bond acceptors (Lipinski definition) is 3. The number of amides is 1. The molecule has 5 nitrogen and oxygen atoms in total. The number of carbonyl (C=O) groups is 1. The van der Waals surface area contributed by atoms with E-state index in [1.807, 2.05) is 49.1 Å². The van der Waals surface area contributed by atoms with E-state index in [9.17, 15) is 13.2 Å². The fourth-order valence-corrected chi connectivity index (χ4v) is 4.71. The number of sulfonamides is 1. The fourth-order valence-electron chi connectivity index (χ4n) is 3.69. The first-order valence-corrected chi connectivity index (χ1v) is 11.5. The Labute approximate surface area is 168 Å². The zero-order valence-corrected chi connectivity index (χ0v) is 17.6. The SMILES string of the molecule is Cc1ccc(C)c(N(CCCC(=O)N2CCc3ccccc3C2)S(C)(=O)=O)c1. The van der Waals surface area contributed by atoms with Gasteiger partial charge in [0, 0.05) is 26.1 Å². The van der Waals surface area contributed by atoms with Crippen molar-refractivity contribution in [2.45, 2.75) is 39.7 Å². The van der Waals surface area contributed by atoms with E-state index in [0.29, 0.717) is 31.6 Å². The molecule has 2 aromatic carbocycles. The van der Waals surface area contributed by atoms with Crippen LogP contribution in [0, 0.1) is 13.8 Å². The van der Waals surface area contributed by atoms with Crippen molar-refractivity contribution in [2.75, 3.05) is 23.7 Å². The molecule has 1 heterocycles. The molecule has 3 rings (SSSR count). The van der Waals surface area contributed by atoms with Crippen molar-refractivity contribution >= 4 is 21.6 Å². The number of hydrogen-bond donors (Lipinski definition) is 0. The van der Waals surface area contributed by atoms with Crippen LogP contribution in [0.1, 0.15) is 35.1 Å². The first-order valence-electron chi connectivity index (χ1n) is 9.65. The van der Waals surface area contributed by atoms with Gasteiger partial charge >= 0.3 is 0 Å². The van der Waals surface area contributed by atoms with Gasteiger partial charge in [0.05, 0.1) is 11.9 Å². The Morgan fingerprint density at radius 3 is 2.54 bits per heavy atom. The summed E-state index contributed by atoms with van der Waals surface area (Å²) in [6.45, 7) is 5.52. The average molecular weight is 401 g/mol. The lowest BCUT2D eigenvalue weighted by Crippen LogP contribution is -2.37. The summed E-state index contributed by atoms with van der Waals surface area (Å²) in [6.07, 6.45) is 2.94. The molecule has 1 aliphatic heterocycles. The summed E-state index contributed by atoms with van der Waals surface area (Å²) in [7, 11) is -3.41. The monoisotopic (exact) mass is 400 g/mol. The summed E-state index contributed by atoms with van der Waals surface area (Å²) in [4.78, 5) is 14.5. The van der Waals surface area contributed by atoms with E-state index in [0.717, 1.165) is 24.1 Å². The number of fused-ring (bicyclic) bond motifs is 1.